The molecule has 0 spiro atoms. The predicted molar refractivity (Wildman–Crippen MR) is 63.5 cm³/mol. The molecular weight excluding hydrogens is 242 g/mol. The van der Waals surface area contributed by atoms with E-state index in [2.05, 4.69) is 0 Å². The Labute approximate surface area is 100 Å². The van der Waals surface area contributed by atoms with Crippen LogP contribution >= 0.6 is 11.3 Å². The Morgan fingerprint density at radius 1 is 1.29 bits per heavy atom. The number of nitro benzene ring substituents is 1. The zero-order chi connectivity index (χ0) is 12.4. The first-order valence-corrected chi connectivity index (χ1v) is 5.51. The van der Waals surface area contributed by atoms with E-state index in [1.54, 1.807) is 17.5 Å². The fraction of sp³-hybridized carbons (Fsp3) is 0. The maximum atomic E-state index is 10.7. The summed E-state index contributed by atoms with van der Waals surface area (Å²) in [4.78, 5) is 21.1. The summed E-state index contributed by atoms with van der Waals surface area (Å²) >= 11 is 1.26. The average molecular weight is 249 g/mol. The third kappa shape index (κ3) is 2.16. The first kappa shape index (κ1) is 11.3. The van der Waals surface area contributed by atoms with Gasteiger partial charge in [-0.05, 0) is 28.6 Å². The minimum Gasteiger partial charge on any atom is -0.502 e. The number of phenolic OH excluding ortho intramolecular Hbond substituents is 1. The highest BCUT2D eigenvalue weighted by atomic mass is 32.1. The number of hydrogen-bond acceptors (Lipinski definition) is 5. The highest BCUT2D eigenvalue weighted by Crippen LogP contribution is 2.32. The molecular formula is C11H7NO4S. The summed E-state index contributed by atoms with van der Waals surface area (Å²) in [6.07, 6.45) is 0.725. The van der Waals surface area contributed by atoms with E-state index in [9.17, 15) is 20.0 Å². The fourth-order valence-electron chi connectivity index (χ4n) is 1.42. The number of carbonyl (C=O) groups excluding carboxylic acids is 1. The van der Waals surface area contributed by atoms with Gasteiger partial charge in [-0.15, -0.1) is 11.3 Å². The van der Waals surface area contributed by atoms with Crippen molar-refractivity contribution in [1.29, 1.82) is 0 Å². The molecule has 0 saturated heterocycles. The van der Waals surface area contributed by atoms with E-state index in [0.29, 0.717) is 10.4 Å². The Balaban J connectivity index is 2.49. The number of carbonyl (C=O) groups is 1. The van der Waals surface area contributed by atoms with Crippen LogP contribution in [0.5, 0.6) is 5.75 Å². The number of nitro groups is 1. The molecule has 0 aliphatic carbocycles. The minimum atomic E-state index is -0.647. The first-order valence-electron chi connectivity index (χ1n) is 4.63. The van der Waals surface area contributed by atoms with Crippen molar-refractivity contribution in [3.63, 3.8) is 0 Å². The molecule has 0 bridgehead atoms. The van der Waals surface area contributed by atoms with Crippen molar-refractivity contribution in [3.05, 3.63) is 44.6 Å². The maximum Gasteiger partial charge on any atom is 0.311 e. The van der Waals surface area contributed by atoms with Crippen molar-refractivity contribution >= 4 is 23.3 Å². The summed E-state index contributed by atoms with van der Waals surface area (Å²) in [6.45, 7) is 0. The van der Waals surface area contributed by atoms with E-state index < -0.39 is 4.92 Å². The molecule has 0 fully saturated rings. The normalized spacial score (nSPS) is 10.1. The van der Waals surface area contributed by atoms with Gasteiger partial charge in [0.15, 0.2) is 12.0 Å². The fourth-order valence-corrected chi connectivity index (χ4v) is 2.13. The van der Waals surface area contributed by atoms with E-state index in [1.165, 1.54) is 23.5 Å². The van der Waals surface area contributed by atoms with Crippen LogP contribution in [0.4, 0.5) is 5.69 Å². The van der Waals surface area contributed by atoms with Crippen LogP contribution in [0.2, 0.25) is 0 Å². The number of benzene rings is 1. The van der Waals surface area contributed by atoms with Crippen molar-refractivity contribution in [2.24, 2.45) is 0 Å². The molecule has 6 heteroatoms. The molecule has 2 aromatic rings. The number of thiophene rings is 1. The first-order chi connectivity index (χ1) is 8.11. The highest BCUT2D eigenvalue weighted by Gasteiger charge is 2.14. The number of hydrogen-bond donors (Lipinski definition) is 1. The molecule has 0 aliphatic rings. The van der Waals surface area contributed by atoms with Crippen molar-refractivity contribution in [2.75, 3.05) is 0 Å². The van der Waals surface area contributed by atoms with Crippen LogP contribution in [0.1, 0.15) is 9.67 Å². The zero-order valence-corrected chi connectivity index (χ0v) is 9.31. The van der Waals surface area contributed by atoms with Crippen molar-refractivity contribution in [1.82, 2.24) is 0 Å². The summed E-state index contributed by atoms with van der Waals surface area (Å²) in [6, 6.07) is 5.77. The SMILES string of the molecule is O=Cc1cc(-c2ccc(O)c([N+](=O)[O-])c2)cs1. The quantitative estimate of drug-likeness (QED) is 0.515. The molecule has 17 heavy (non-hydrogen) atoms. The van der Waals surface area contributed by atoms with Gasteiger partial charge < -0.3 is 5.11 Å². The van der Waals surface area contributed by atoms with Gasteiger partial charge in [0.1, 0.15) is 0 Å². The average Bonchev–Trinajstić information content (AvgIpc) is 2.78. The molecule has 0 atom stereocenters. The van der Waals surface area contributed by atoms with Gasteiger partial charge >= 0.3 is 5.69 Å². The van der Waals surface area contributed by atoms with Crippen LogP contribution in [0.15, 0.2) is 29.6 Å². The Morgan fingerprint density at radius 2 is 2.06 bits per heavy atom. The zero-order valence-electron chi connectivity index (χ0n) is 8.49. The molecule has 0 saturated carbocycles. The van der Waals surface area contributed by atoms with Gasteiger partial charge in [-0.2, -0.15) is 0 Å². The smallest absolute Gasteiger partial charge is 0.311 e. The Morgan fingerprint density at radius 3 is 2.65 bits per heavy atom. The van der Waals surface area contributed by atoms with Gasteiger partial charge in [-0.3, -0.25) is 14.9 Å². The lowest BCUT2D eigenvalue weighted by Gasteiger charge is -1.99. The third-order valence-electron chi connectivity index (χ3n) is 2.24. The van der Waals surface area contributed by atoms with E-state index in [4.69, 9.17) is 0 Å². The highest BCUT2D eigenvalue weighted by molar-refractivity contribution is 7.12. The standard InChI is InChI=1S/C11H7NO4S/c13-5-9-3-8(6-17-9)7-1-2-11(14)10(4-7)12(15)16/h1-6,14H. The molecule has 1 N–H and O–H groups in total. The summed E-state index contributed by atoms with van der Waals surface area (Å²) < 4.78 is 0. The van der Waals surface area contributed by atoms with E-state index in [-0.39, 0.29) is 11.4 Å². The van der Waals surface area contributed by atoms with Crippen molar-refractivity contribution in [3.8, 4) is 16.9 Å². The number of aromatic hydroxyl groups is 1. The van der Waals surface area contributed by atoms with Crippen LogP contribution < -0.4 is 0 Å². The summed E-state index contributed by atoms with van der Waals surface area (Å²) in [5, 5.41) is 21.7. The Hall–Kier alpha value is -2.21. The monoisotopic (exact) mass is 249 g/mol. The number of aldehydes is 1. The van der Waals surface area contributed by atoms with Crippen LogP contribution in [0.3, 0.4) is 0 Å². The van der Waals surface area contributed by atoms with Crippen LogP contribution in [-0.2, 0) is 0 Å². The maximum absolute atomic E-state index is 10.7. The molecule has 86 valence electrons. The van der Waals surface area contributed by atoms with Gasteiger partial charge in [-0.25, -0.2) is 0 Å². The molecule has 0 radical (unpaired) electrons. The number of nitrogens with zero attached hydrogens (tertiary/aromatic N) is 1. The van der Waals surface area contributed by atoms with Crippen molar-refractivity contribution in [2.45, 2.75) is 0 Å². The molecule has 0 unspecified atom stereocenters. The summed E-state index contributed by atoms with van der Waals surface area (Å²) in [5.74, 6) is -0.371. The second-order valence-electron chi connectivity index (χ2n) is 3.32. The van der Waals surface area contributed by atoms with E-state index in [0.717, 1.165) is 11.8 Å². The molecule has 0 amide bonds. The summed E-state index contributed by atoms with van der Waals surface area (Å²) in [5.41, 5.74) is 0.973. The van der Waals surface area contributed by atoms with Crippen LogP contribution in [-0.4, -0.2) is 16.3 Å². The number of phenols is 1. The van der Waals surface area contributed by atoms with Crippen molar-refractivity contribution < 1.29 is 14.8 Å². The topological polar surface area (TPSA) is 80.4 Å². The largest absolute Gasteiger partial charge is 0.502 e. The van der Waals surface area contributed by atoms with Gasteiger partial charge in [0.25, 0.3) is 0 Å². The lowest BCUT2D eigenvalue weighted by atomic mass is 10.1. The van der Waals surface area contributed by atoms with Crippen LogP contribution in [0, 0.1) is 10.1 Å². The molecule has 2 rings (SSSR count). The Kier molecular flexibility index (Phi) is 2.88. The summed E-state index contributed by atoms with van der Waals surface area (Å²) in [7, 11) is 0. The van der Waals surface area contributed by atoms with Crippen LogP contribution in [0.25, 0.3) is 11.1 Å². The van der Waals surface area contributed by atoms with Gasteiger partial charge in [0.05, 0.1) is 9.80 Å². The molecule has 1 aromatic carbocycles. The van der Waals surface area contributed by atoms with Gasteiger partial charge in [0, 0.05) is 6.07 Å². The molecule has 1 heterocycles. The minimum absolute atomic E-state index is 0.346. The predicted octanol–water partition coefficient (Wildman–Crippen LogP) is 2.84. The number of rotatable bonds is 3. The lowest BCUT2D eigenvalue weighted by molar-refractivity contribution is -0.385. The second-order valence-corrected chi connectivity index (χ2v) is 4.26. The van der Waals surface area contributed by atoms with Gasteiger partial charge in [-0.1, -0.05) is 6.07 Å². The lowest BCUT2D eigenvalue weighted by Crippen LogP contribution is -1.88. The van der Waals surface area contributed by atoms with E-state index in [1.807, 2.05) is 0 Å². The third-order valence-corrected chi connectivity index (χ3v) is 3.10. The van der Waals surface area contributed by atoms with E-state index >= 15 is 0 Å². The molecule has 1 aromatic heterocycles. The van der Waals surface area contributed by atoms with Gasteiger partial charge in [0.2, 0.25) is 0 Å². The molecule has 0 aliphatic heterocycles. The molecule has 5 nitrogen and oxygen atoms in total. The second kappa shape index (κ2) is 4.34. The Bertz CT molecular complexity index is 591.